The van der Waals surface area contributed by atoms with E-state index in [4.69, 9.17) is 23.2 Å². The van der Waals surface area contributed by atoms with Gasteiger partial charge in [-0.1, -0.05) is 23.7 Å². The minimum Gasteiger partial charge on any atom is -0.349 e. The summed E-state index contributed by atoms with van der Waals surface area (Å²) >= 11 is 15.0. The molecule has 0 saturated carbocycles. The summed E-state index contributed by atoms with van der Waals surface area (Å²) in [5, 5.41) is 5.89. The minimum atomic E-state index is -3.28. The van der Waals surface area contributed by atoms with Gasteiger partial charge in [-0.05, 0) is 46.1 Å². The van der Waals surface area contributed by atoms with Gasteiger partial charge in [0.25, 0.3) is 17.4 Å². The average Bonchev–Trinajstić information content (AvgIpc) is 3.13. The molecule has 1 saturated heterocycles. The Hall–Kier alpha value is -1.92. The van der Waals surface area contributed by atoms with Crippen LogP contribution < -0.4 is 16.2 Å². The molecule has 0 bridgehead atoms. The van der Waals surface area contributed by atoms with Crippen LogP contribution in [0.4, 0.5) is 0 Å². The van der Waals surface area contributed by atoms with Gasteiger partial charge in [0.2, 0.25) is 10.0 Å². The number of alkyl halides is 1. The van der Waals surface area contributed by atoms with Crippen molar-refractivity contribution in [3.63, 3.8) is 0 Å². The molecule has 2 amide bonds. The standard InChI is InChI=1S/C21H23BrCl2N4O5S/c22-17-12-16(19(29)26-13-14-2-4-15(24)5-3-14)21(31)28(9-6-23)18(17)20(30)25-7-10-27-8-1-11-34(27,32)33/h2-5,12H,1,6-11,13H2,(H,25,30)(H,26,29). The van der Waals surface area contributed by atoms with Crippen molar-refractivity contribution in [1.29, 1.82) is 0 Å². The van der Waals surface area contributed by atoms with E-state index in [0.717, 1.165) is 10.1 Å². The summed E-state index contributed by atoms with van der Waals surface area (Å²) in [5.41, 5.74) is -0.00603. The fraction of sp³-hybridized carbons (Fsp3) is 0.381. The van der Waals surface area contributed by atoms with Crippen molar-refractivity contribution in [2.75, 3.05) is 31.3 Å². The Balaban J connectivity index is 1.75. The zero-order chi connectivity index (χ0) is 24.9. The first-order chi connectivity index (χ1) is 16.1. The van der Waals surface area contributed by atoms with Crippen molar-refractivity contribution in [1.82, 2.24) is 19.5 Å². The highest BCUT2D eigenvalue weighted by atomic mass is 79.9. The highest BCUT2D eigenvalue weighted by Crippen LogP contribution is 2.18. The van der Waals surface area contributed by atoms with Crippen molar-refractivity contribution in [2.45, 2.75) is 19.5 Å². The first-order valence-electron chi connectivity index (χ1n) is 10.4. The molecular weight excluding hydrogens is 571 g/mol. The highest BCUT2D eigenvalue weighted by molar-refractivity contribution is 9.10. The SMILES string of the molecule is O=C(NCc1ccc(Cl)cc1)c1cc(Br)c(C(=O)NCCN2CCCS2(=O)=O)n(CCCl)c1=O. The molecule has 2 aromatic rings. The second-order valence-electron chi connectivity index (χ2n) is 7.53. The van der Waals surface area contributed by atoms with Gasteiger partial charge in [-0.15, -0.1) is 11.6 Å². The van der Waals surface area contributed by atoms with E-state index in [9.17, 15) is 22.8 Å². The number of aromatic nitrogens is 1. The van der Waals surface area contributed by atoms with Crippen molar-refractivity contribution in [3.8, 4) is 0 Å². The summed E-state index contributed by atoms with van der Waals surface area (Å²) in [7, 11) is -3.28. The summed E-state index contributed by atoms with van der Waals surface area (Å²) in [6.07, 6.45) is 0.554. The molecule has 1 fully saturated rings. The lowest BCUT2D eigenvalue weighted by Crippen LogP contribution is -2.40. The van der Waals surface area contributed by atoms with Gasteiger partial charge >= 0.3 is 0 Å². The number of hydrogen-bond donors (Lipinski definition) is 2. The molecule has 34 heavy (non-hydrogen) atoms. The fourth-order valence-corrected chi connectivity index (χ4v) is 5.97. The number of rotatable bonds is 9. The Bertz CT molecular complexity index is 1230. The Morgan fingerprint density at radius 2 is 1.79 bits per heavy atom. The number of halogens is 3. The lowest BCUT2D eigenvalue weighted by molar-refractivity contribution is 0.0928. The number of sulfonamides is 1. The Morgan fingerprint density at radius 3 is 2.41 bits per heavy atom. The van der Waals surface area contributed by atoms with E-state index in [-0.39, 0.29) is 53.5 Å². The van der Waals surface area contributed by atoms with Crippen LogP contribution in [0.5, 0.6) is 0 Å². The Kier molecular flexibility index (Phi) is 9.16. The molecule has 0 spiro atoms. The zero-order valence-corrected chi connectivity index (χ0v) is 21.9. The molecular formula is C21H23BrCl2N4O5S. The van der Waals surface area contributed by atoms with Crippen LogP contribution in [-0.4, -0.2) is 60.4 Å². The van der Waals surface area contributed by atoms with Gasteiger partial charge in [-0.2, -0.15) is 0 Å². The third kappa shape index (κ3) is 6.39. The number of nitrogens with one attached hydrogen (secondary N) is 2. The fourth-order valence-electron chi connectivity index (χ4n) is 3.52. The first-order valence-corrected chi connectivity index (χ1v) is 13.7. The number of amides is 2. The predicted octanol–water partition coefficient (Wildman–Crippen LogP) is 2.20. The van der Waals surface area contributed by atoms with Gasteiger partial charge in [0.15, 0.2) is 0 Å². The van der Waals surface area contributed by atoms with Crippen LogP contribution in [-0.2, 0) is 23.1 Å². The van der Waals surface area contributed by atoms with Crippen LogP contribution in [0.25, 0.3) is 0 Å². The molecule has 0 aliphatic carbocycles. The molecule has 9 nitrogen and oxygen atoms in total. The number of nitrogens with zero attached hydrogens (tertiary/aromatic N) is 2. The molecule has 1 aliphatic heterocycles. The maximum absolute atomic E-state index is 13.0. The summed E-state index contributed by atoms with van der Waals surface area (Å²) in [6, 6.07) is 8.19. The summed E-state index contributed by atoms with van der Waals surface area (Å²) in [4.78, 5) is 38.6. The topological polar surface area (TPSA) is 118 Å². The average molecular weight is 594 g/mol. The molecule has 1 aromatic heterocycles. The molecule has 2 heterocycles. The first kappa shape index (κ1) is 26.7. The molecule has 0 unspecified atom stereocenters. The molecule has 1 aromatic carbocycles. The number of benzene rings is 1. The highest BCUT2D eigenvalue weighted by Gasteiger charge is 2.28. The number of carbonyl (C=O) groups is 2. The van der Waals surface area contributed by atoms with Crippen molar-refractivity contribution in [3.05, 3.63) is 67.0 Å². The normalized spacial score (nSPS) is 15.3. The lowest BCUT2D eigenvalue weighted by atomic mass is 10.2. The van der Waals surface area contributed by atoms with Gasteiger partial charge in [0.05, 0.1) is 5.75 Å². The Labute approximate surface area is 215 Å². The number of hydrogen-bond acceptors (Lipinski definition) is 5. The molecule has 0 atom stereocenters. The predicted molar refractivity (Wildman–Crippen MR) is 134 cm³/mol. The van der Waals surface area contributed by atoms with E-state index in [1.165, 1.54) is 10.4 Å². The van der Waals surface area contributed by atoms with Crippen LogP contribution in [0.1, 0.15) is 32.8 Å². The van der Waals surface area contributed by atoms with E-state index in [0.29, 0.717) is 18.0 Å². The summed E-state index contributed by atoms with van der Waals surface area (Å²) in [6.45, 7) is 0.808. The van der Waals surface area contributed by atoms with Gasteiger partial charge in [0.1, 0.15) is 11.3 Å². The van der Waals surface area contributed by atoms with Crippen LogP contribution in [0, 0.1) is 0 Å². The number of carbonyl (C=O) groups excluding carboxylic acids is 2. The third-order valence-corrected chi connectivity index (χ3v) is 8.21. The molecule has 3 rings (SSSR count). The molecule has 184 valence electrons. The van der Waals surface area contributed by atoms with Crippen molar-refractivity contribution >= 4 is 61.0 Å². The van der Waals surface area contributed by atoms with E-state index < -0.39 is 27.4 Å². The maximum Gasteiger partial charge on any atom is 0.269 e. The van der Waals surface area contributed by atoms with Crippen LogP contribution in [0.15, 0.2) is 39.6 Å². The van der Waals surface area contributed by atoms with Gasteiger partial charge in [0, 0.05) is 48.1 Å². The van der Waals surface area contributed by atoms with E-state index >= 15 is 0 Å². The molecule has 2 N–H and O–H groups in total. The molecule has 0 radical (unpaired) electrons. The maximum atomic E-state index is 13.0. The summed E-state index contributed by atoms with van der Waals surface area (Å²) in [5.74, 6) is -1.05. The third-order valence-electron chi connectivity index (χ3n) is 5.23. The second kappa shape index (κ2) is 11.7. The van der Waals surface area contributed by atoms with Crippen LogP contribution in [0.3, 0.4) is 0 Å². The molecule has 1 aliphatic rings. The van der Waals surface area contributed by atoms with Gasteiger partial charge < -0.3 is 15.2 Å². The van der Waals surface area contributed by atoms with Crippen molar-refractivity contribution < 1.29 is 18.0 Å². The van der Waals surface area contributed by atoms with Crippen molar-refractivity contribution in [2.24, 2.45) is 0 Å². The molecule has 13 heteroatoms. The summed E-state index contributed by atoms with van der Waals surface area (Å²) < 4.78 is 26.5. The van der Waals surface area contributed by atoms with Crippen LogP contribution >= 0.6 is 39.1 Å². The second-order valence-corrected chi connectivity index (χ2v) is 11.3. The van der Waals surface area contributed by atoms with E-state index in [1.807, 2.05) is 0 Å². The minimum absolute atomic E-state index is 0.000546. The smallest absolute Gasteiger partial charge is 0.269 e. The monoisotopic (exact) mass is 592 g/mol. The lowest BCUT2D eigenvalue weighted by Gasteiger charge is -2.17. The van der Waals surface area contributed by atoms with Gasteiger partial charge in [-0.25, -0.2) is 12.7 Å². The van der Waals surface area contributed by atoms with E-state index in [1.54, 1.807) is 24.3 Å². The largest absolute Gasteiger partial charge is 0.349 e. The van der Waals surface area contributed by atoms with Crippen LogP contribution in [0.2, 0.25) is 5.02 Å². The quantitative estimate of drug-likeness (QED) is 0.432. The van der Waals surface area contributed by atoms with E-state index in [2.05, 4.69) is 26.6 Å². The number of pyridine rings is 1. The van der Waals surface area contributed by atoms with Gasteiger partial charge in [-0.3, -0.25) is 14.4 Å². The zero-order valence-electron chi connectivity index (χ0n) is 18.0. The Morgan fingerprint density at radius 1 is 1.09 bits per heavy atom.